The Kier molecular flexibility index (Phi) is 9.25. The molecule has 2 aromatic rings. The van der Waals surface area contributed by atoms with E-state index >= 15 is 0 Å². The first-order valence-electron chi connectivity index (χ1n) is 10.0. The van der Waals surface area contributed by atoms with Crippen LogP contribution in [0, 0.1) is 0 Å². The number of hydrogen-bond donors (Lipinski definition) is 2. The Balaban J connectivity index is 1.78. The molecular weight excluding hydrogens is 336 g/mol. The van der Waals surface area contributed by atoms with Crippen molar-refractivity contribution in [1.82, 2.24) is 5.32 Å². The molecule has 0 saturated heterocycles. The van der Waals surface area contributed by atoms with Crippen molar-refractivity contribution < 1.29 is 9.53 Å². The van der Waals surface area contributed by atoms with Gasteiger partial charge in [-0.25, -0.2) is 0 Å². The van der Waals surface area contributed by atoms with Gasteiger partial charge in [0.25, 0.3) is 0 Å². The molecule has 1 atom stereocenters. The number of carbonyl (C=O) groups excluding carboxylic acids is 1. The van der Waals surface area contributed by atoms with Crippen molar-refractivity contribution in [3.63, 3.8) is 0 Å². The zero-order chi connectivity index (χ0) is 19.3. The summed E-state index contributed by atoms with van der Waals surface area (Å²) in [6, 6.07) is 17.9. The standard InChI is InChI=1S/C23H32N2O2/c1-3-5-6-10-16-27-21-15-11-14-20(17-21)24-18-23(26)25-22(4-2)19-12-8-7-9-13-19/h7-9,11-15,17,22,24H,3-6,10,16,18H2,1-2H3,(H,25,26). The van der Waals surface area contributed by atoms with Gasteiger partial charge in [0.2, 0.25) is 5.91 Å². The molecule has 27 heavy (non-hydrogen) atoms. The fourth-order valence-corrected chi connectivity index (χ4v) is 2.95. The summed E-state index contributed by atoms with van der Waals surface area (Å²) in [7, 11) is 0. The summed E-state index contributed by atoms with van der Waals surface area (Å²) in [5, 5.41) is 6.27. The van der Waals surface area contributed by atoms with Crippen molar-refractivity contribution >= 4 is 11.6 Å². The lowest BCUT2D eigenvalue weighted by atomic mass is 10.0. The predicted octanol–water partition coefficient (Wildman–Crippen LogP) is 5.33. The number of ether oxygens (including phenoxy) is 1. The summed E-state index contributed by atoms with van der Waals surface area (Å²) in [5.74, 6) is 0.823. The van der Waals surface area contributed by atoms with Crippen LogP contribution in [0.5, 0.6) is 5.75 Å². The molecule has 0 aliphatic carbocycles. The van der Waals surface area contributed by atoms with Crippen LogP contribution in [0.1, 0.15) is 57.6 Å². The highest BCUT2D eigenvalue weighted by molar-refractivity contribution is 5.81. The van der Waals surface area contributed by atoms with E-state index in [2.05, 4.69) is 24.5 Å². The lowest BCUT2D eigenvalue weighted by Gasteiger charge is -2.18. The predicted molar refractivity (Wildman–Crippen MR) is 112 cm³/mol. The van der Waals surface area contributed by atoms with Gasteiger partial charge in [0.1, 0.15) is 5.75 Å². The molecule has 0 saturated carbocycles. The molecule has 2 rings (SSSR count). The van der Waals surface area contributed by atoms with Crippen LogP contribution < -0.4 is 15.4 Å². The molecule has 0 radical (unpaired) electrons. The van der Waals surface area contributed by atoms with Gasteiger partial charge in [-0.1, -0.05) is 69.5 Å². The van der Waals surface area contributed by atoms with Gasteiger partial charge in [0.15, 0.2) is 0 Å². The average molecular weight is 369 g/mol. The third kappa shape index (κ3) is 7.73. The van der Waals surface area contributed by atoms with Crippen molar-refractivity contribution in [1.29, 1.82) is 0 Å². The molecule has 4 heteroatoms. The molecule has 0 spiro atoms. The van der Waals surface area contributed by atoms with Gasteiger partial charge in [-0.3, -0.25) is 4.79 Å². The lowest BCUT2D eigenvalue weighted by Crippen LogP contribution is -2.33. The van der Waals surface area contributed by atoms with E-state index in [0.717, 1.165) is 36.4 Å². The normalized spacial score (nSPS) is 11.6. The molecular formula is C23H32N2O2. The molecule has 0 bridgehead atoms. The number of rotatable bonds is 12. The SMILES string of the molecule is CCCCCCOc1cccc(NCC(=O)NC(CC)c2ccccc2)c1. The van der Waals surface area contributed by atoms with Crippen molar-refractivity contribution in [3.05, 3.63) is 60.2 Å². The fourth-order valence-electron chi connectivity index (χ4n) is 2.95. The highest BCUT2D eigenvalue weighted by Gasteiger charge is 2.12. The monoisotopic (exact) mass is 368 g/mol. The molecule has 2 N–H and O–H groups in total. The maximum Gasteiger partial charge on any atom is 0.239 e. The Morgan fingerprint density at radius 2 is 1.81 bits per heavy atom. The van der Waals surface area contributed by atoms with E-state index in [0.29, 0.717) is 0 Å². The van der Waals surface area contributed by atoms with Crippen LogP contribution in [0.2, 0.25) is 0 Å². The Morgan fingerprint density at radius 1 is 1.00 bits per heavy atom. The molecule has 0 aromatic heterocycles. The lowest BCUT2D eigenvalue weighted by molar-refractivity contribution is -0.120. The minimum atomic E-state index is -0.0170. The van der Waals surface area contributed by atoms with E-state index in [1.165, 1.54) is 19.3 Å². The zero-order valence-electron chi connectivity index (χ0n) is 16.5. The summed E-state index contributed by atoms with van der Waals surface area (Å²) in [4.78, 5) is 12.3. The molecule has 0 aliphatic rings. The van der Waals surface area contributed by atoms with E-state index in [-0.39, 0.29) is 18.5 Å². The highest BCUT2D eigenvalue weighted by atomic mass is 16.5. The second-order valence-corrected chi connectivity index (χ2v) is 6.73. The summed E-state index contributed by atoms with van der Waals surface area (Å²) in [5.41, 5.74) is 2.02. The minimum Gasteiger partial charge on any atom is -0.494 e. The fraction of sp³-hybridized carbons (Fsp3) is 0.435. The van der Waals surface area contributed by atoms with Crippen molar-refractivity contribution in [2.45, 2.75) is 52.0 Å². The van der Waals surface area contributed by atoms with Gasteiger partial charge in [-0.05, 0) is 30.5 Å². The maximum atomic E-state index is 12.3. The Bertz CT molecular complexity index is 673. The van der Waals surface area contributed by atoms with Crippen LogP contribution in [0.4, 0.5) is 5.69 Å². The third-order valence-corrected chi connectivity index (χ3v) is 4.50. The highest BCUT2D eigenvalue weighted by Crippen LogP contribution is 2.18. The van der Waals surface area contributed by atoms with Crippen molar-refractivity contribution in [2.75, 3.05) is 18.5 Å². The number of benzene rings is 2. The van der Waals surface area contributed by atoms with E-state index in [1.54, 1.807) is 0 Å². The molecule has 4 nitrogen and oxygen atoms in total. The largest absolute Gasteiger partial charge is 0.494 e. The molecule has 0 aliphatic heterocycles. The number of amides is 1. The number of carbonyl (C=O) groups is 1. The summed E-state index contributed by atoms with van der Waals surface area (Å²) in [6.07, 6.45) is 5.62. The summed E-state index contributed by atoms with van der Waals surface area (Å²) >= 11 is 0. The average Bonchev–Trinajstić information content (AvgIpc) is 2.71. The van der Waals surface area contributed by atoms with E-state index in [4.69, 9.17) is 4.74 Å². The van der Waals surface area contributed by atoms with Crippen LogP contribution in [0.25, 0.3) is 0 Å². The van der Waals surface area contributed by atoms with E-state index in [1.807, 2.05) is 54.6 Å². The van der Waals surface area contributed by atoms with Crippen LogP contribution in [-0.2, 0) is 4.79 Å². The van der Waals surface area contributed by atoms with Gasteiger partial charge in [0.05, 0.1) is 19.2 Å². The Hall–Kier alpha value is -2.49. The third-order valence-electron chi connectivity index (χ3n) is 4.50. The Morgan fingerprint density at radius 3 is 2.56 bits per heavy atom. The zero-order valence-corrected chi connectivity index (χ0v) is 16.5. The Labute approximate surface area is 163 Å². The van der Waals surface area contributed by atoms with Crippen LogP contribution in [-0.4, -0.2) is 19.1 Å². The molecule has 146 valence electrons. The van der Waals surface area contributed by atoms with Crippen molar-refractivity contribution in [2.24, 2.45) is 0 Å². The smallest absolute Gasteiger partial charge is 0.239 e. The number of hydrogen-bond acceptors (Lipinski definition) is 3. The van der Waals surface area contributed by atoms with Gasteiger partial charge in [-0.2, -0.15) is 0 Å². The van der Waals surface area contributed by atoms with Gasteiger partial charge < -0.3 is 15.4 Å². The molecule has 2 aromatic carbocycles. The first-order chi connectivity index (χ1) is 13.2. The number of nitrogens with one attached hydrogen (secondary N) is 2. The van der Waals surface area contributed by atoms with E-state index in [9.17, 15) is 4.79 Å². The van der Waals surface area contributed by atoms with Crippen LogP contribution >= 0.6 is 0 Å². The number of anilines is 1. The van der Waals surface area contributed by atoms with Crippen molar-refractivity contribution in [3.8, 4) is 5.75 Å². The maximum absolute atomic E-state index is 12.3. The molecule has 1 amide bonds. The minimum absolute atomic E-state index is 0.0170. The second kappa shape index (κ2) is 12.0. The van der Waals surface area contributed by atoms with Crippen LogP contribution in [0.15, 0.2) is 54.6 Å². The topological polar surface area (TPSA) is 50.4 Å². The molecule has 1 unspecified atom stereocenters. The summed E-state index contributed by atoms with van der Waals surface area (Å²) in [6.45, 7) is 5.25. The summed E-state index contributed by atoms with van der Waals surface area (Å²) < 4.78 is 5.80. The molecule has 0 fully saturated rings. The molecule has 0 heterocycles. The van der Waals surface area contributed by atoms with Crippen LogP contribution in [0.3, 0.4) is 0 Å². The van der Waals surface area contributed by atoms with Gasteiger partial charge in [0, 0.05) is 11.8 Å². The van der Waals surface area contributed by atoms with Gasteiger partial charge >= 0.3 is 0 Å². The first kappa shape index (κ1) is 20.8. The van der Waals surface area contributed by atoms with E-state index < -0.39 is 0 Å². The van der Waals surface area contributed by atoms with Gasteiger partial charge in [-0.15, -0.1) is 0 Å². The second-order valence-electron chi connectivity index (χ2n) is 6.73. The quantitative estimate of drug-likeness (QED) is 0.498. The first-order valence-corrected chi connectivity index (χ1v) is 10.0. The number of unbranched alkanes of at least 4 members (excludes halogenated alkanes) is 3.